The first-order valence-corrected chi connectivity index (χ1v) is 6.97. The molecular formula is C11H17N3O2S. The number of rotatable bonds is 2. The summed E-state index contributed by atoms with van der Waals surface area (Å²) in [6.45, 7) is 5.27. The molecule has 94 valence electrons. The highest BCUT2D eigenvalue weighted by Gasteiger charge is 2.36. The van der Waals surface area contributed by atoms with E-state index in [4.69, 9.17) is 5.73 Å². The molecule has 5 nitrogen and oxygen atoms in total. The van der Waals surface area contributed by atoms with Crippen molar-refractivity contribution in [2.75, 3.05) is 18.8 Å². The van der Waals surface area contributed by atoms with Crippen LogP contribution in [0.4, 0.5) is 5.82 Å². The van der Waals surface area contributed by atoms with Crippen molar-refractivity contribution in [3.8, 4) is 0 Å². The summed E-state index contributed by atoms with van der Waals surface area (Å²) in [5.41, 5.74) is 5.56. The highest BCUT2D eigenvalue weighted by Crippen LogP contribution is 2.32. The van der Waals surface area contributed by atoms with Gasteiger partial charge in [-0.1, -0.05) is 13.8 Å². The van der Waals surface area contributed by atoms with Crippen molar-refractivity contribution in [2.45, 2.75) is 25.2 Å². The highest BCUT2D eigenvalue weighted by atomic mass is 32.2. The molecule has 0 spiro atoms. The molecule has 1 aliphatic rings. The van der Waals surface area contributed by atoms with Crippen molar-refractivity contribution in [1.82, 2.24) is 9.29 Å². The van der Waals surface area contributed by atoms with Crippen molar-refractivity contribution in [1.29, 1.82) is 0 Å². The van der Waals surface area contributed by atoms with Gasteiger partial charge in [-0.25, -0.2) is 13.4 Å². The van der Waals surface area contributed by atoms with Crippen molar-refractivity contribution >= 4 is 15.8 Å². The predicted octanol–water partition coefficient (Wildman–Crippen LogP) is 1.08. The Morgan fingerprint density at radius 3 is 2.71 bits per heavy atom. The molecule has 0 aromatic carbocycles. The minimum absolute atomic E-state index is 0.0473. The van der Waals surface area contributed by atoms with E-state index in [9.17, 15) is 8.42 Å². The second-order valence-corrected chi connectivity index (χ2v) is 7.11. The van der Waals surface area contributed by atoms with Crippen LogP contribution in [0.1, 0.15) is 20.3 Å². The van der Waals surface area contributed by atoms with Crippen molar-refractivity contribution in [3.05, 3.63) is 18.3 Å². The van der Waals surface area contributed by atoms with Crippen LogP contribution in [0.5, 0.6) is 0 Å². The van der Waals surface area contributed by atoms with E-state index < -0.39 is 10.0 Å². The molecule has 0 aliphatic carbocycles. The zero-order chi connectivity index (χ0) is 12.7. The molecule has 1 aromatic heterocycles. The van der Waals surface area contributed by atoms with Gasteiger partial charge in [0, 0.05) is 25.4 Å². The standard InChI is InChI=1S/C11H17N3O2S/c1-11(2)4-6-14(8-11)17(15,16)9-3-5-13-10(12)7-9/h3,5,7H,4,6,8H2,1-2H3,(H2,12,13). The minimum Gasteiger partial charge on any atom is -0.384 e. The van der Waals surface area contributed by atoms with Gasteiger partial charge in [0.05, 0.1) is 4.90 Å². The van der Waals surface area contributed by atoms with Gasteiger partial charge in [-0.15, -0.1) is 0 Å². The number of nitrogens with two attached hydrogens (primary N) is 1. The molecule has 0 saturated carbocycles. The Morgan fingerprint density at radius 1 is 1.47 bits per heavy atom. The van der Waals surface area contributed by atoms with Crippen LogP contribution in [0.25, 0.3) is 0 Å². The van der Waals surface area contributed by atoms with Crippen molar-refractivity contribution in [3.63, 3.8) is 0 Å². The molecular weight excluding hydrogens is 238 g/mol. The van der Waals surface area contributed by atoms with Crippen molar-refractivity contribution < 1.29 is 8.42 Å². The third kappa shape index (κ3) is 2.42. The van der Waals surface area contributed by atoms with Gasteiger partial charge in [0.25, 0.3) is 0 Å². The summed E-state index contributed by atoms with van der Waals surface area (Å²) in [5.74, 6) is 0.226. The van der Waals surface area contributed by atoms with E-state index in [1.165, 1.54) is 22.6 Å². The zero-order valence-electron chi connectivity index (χ0n) is 10.0. The van der Waals surface area contributed by atoms with Gasteiger partial charge in [0.2, 0.25) is 10.0 Å². The molecule has 0 radical (unpaired) electrons. The van der Waals surface area contributed by atoms with Gasteiger partial charge in [0.1, 0.15) is 5.82 Å². The van der Waals surface area contributed by atoms with Crippen LogP contribution in [0.2, 0.25) is 0 Å². The van der Waals surface area contributed by atoms with Gasteiger partial charge in [-0.2, -0.15) is 4.31 Å². The lowest BCUT2D eigenvalue weighted by atomic mass is 9.93. The maximum absolute atomic E-state index is 12.3. The van der Waals surface area contributed by atoms with Gasteiger partial charge >= 0.3 is 0 Å². The minimum atomic E-state index is -3.42. The lowest BCUT2D eigenvalue weighted by Gasteiger charge is -2.19. The SMILES string of the molecule is CC1(C)CCN(S(=O)(=O)c2ccnc(N)c2)C1. The number of nitrogen functional groups attached to an aromatic ring is 1. The summed E-state index contributed by atoms with van der Waals surface area (Å²) in [4.78, 5) is 4.03. The van der Waals surface area contributed by atoms with Gasteiger partial charge in [-0.05, 0) is 17.9 Å². The lowest BCUT2D eigenvalue weighted by molar-refractivity contribution is 0.375. The Labute approximate surface area is 102 Å². The maximum atomic E-state index is 12.3. The summed E-state index contributed by atoms with van der Waals surface area (Å²) in [6, 6.07) is 2.89. The molecule has 2 N–H and O–H groups in total. The van der Waals surface area contributed by atoms with E-state index >= 15 is 0 Å². The molecule has 0 atom stereocenters. The number of aromatic nitrogens is 1. The monoisotopic (exact) mass is 255 g/mol. The molecule has 1 fully saturated rings. The average Bonchev–Trinajstić information content (AvgIpc) is 2.59. The fourth-order valence-electron chi connectivity index (χ4n) is 2.01. The van der Waals surface area contributed by atoms with Crippen LogP contribution in [0.3, 0.4) is 0 Å². The Hall–Kier alpha value is -1.14. The predicted molar refractivity (Wildman–Crippen MR) is 65.8 cm³/mol. The largest absolute Gasteiger partial charge is 0.384 e. The molecule has 0 unspecified atom stereocenters. The van der Waals surface area contributed by atoms with E-state index in [0.29, 0.717) is 13.1 Å². The summed E-state index contributed by atoms with van der Waals surface area (Å²) in [6.07, 6.45) is 2.30. The topological polar surface area (TPSA) is 76.3 Å². The Kier molecular flexibility index (Phi) is 2.87. The zero-order valence-corrected chi connectivity index (χ0v) is 10.9. The summed E-state index contributed by atoms with van der Waals surface area (Å²) < 4.78 is 26.1. The quantitative estimate of drug-likeness (QED) is 0.858. The number of sulfonamides is 1. The first-order chi connectivity index (χ1) is 7.81. The molecule has 6 heteroatoms. The van der Waals surface area contributed by atoms with E-state index in [0.717, 1.165) is 6.42 Å². The van der Waals surface area contributed by atoms with Crippen molar-refractivity contribution in [2.24, 2.45) is 5.41 Å². The first-order valence-electron chi connectivity index (χ1n) is 5.53. The fourth-order valence-corrected chi connectivity index (χ4v) is 3.66. The molecule has 2 rings (SSSR count). The summed E-state index contributed by atoms with van der Waals surface area (Å²) in [5, 5.41) is 0. The van der Waals surface area contributed by atoms with Gasteiger partial charge < -0.3 is 5.73 Å². The third-order valence-corrected chi connectivity index (χ3v) is 4.87. The summed E-state index contributed by atoms with van der Waals surface area (Å²) >= 11 is 0. The van der Waals surface area contributed by atoms with Crippen LogP contribution >= 0.6 is 0 Å². The molecule has 0 amide bonds. The van der Waals surface area contributed by atoms with Crippen LogP contribution in [-0.2, 0) is 10.0 Å². The molecule has 1 saturated heterocycles. The van der Waals surface area contributed by atoms with Crippen LogP contribution in [0.15, 0.2) is 23.2 Å². The number of anilines is 1. The van der Waals surface area contributed by atoms with E-state index in [1.54, 1.807) is 0 Å². The van der Waals surface area contributed by atoms with Gasteiger partial charge in [0.15, 0.2) is 0 Å². The molecule has 17 heavy (non-hydrogen) atoms. The van der Waals surface area contributed by atoms with Crippen LogP contribution in [-0.4, -0.2) is 30.8 Å². The summed E-state index contributed by atoms with van der Waals surface area (Å²) in [7, 11) is -3.42. The first kappa shape index (κ1) is 12.3. The van der Waals surface area contributed by atoms with E-state index in [2.05, 4.69) is 18.8 Å². The Balaban J connectivity index is 2.32. The molecule has 1 aliphatic heterocycles. The lowest BCUT2D eigenvalue weighted by Crippen LogP contribution is -2.30. The van der Waals surface area contributed by atoms with Gasteiger partial charge in [-0.3, -0.25) is 0 Å². The van der Waals surface area contributed by atoms with E-state index in [1.807, 2.05) is 0 Å². The second-order valence-electron chi connectivity index (χ2n) is 5.17. The molecule has 2 heterocycles. The fraction of sp³-hybridized carbons (Fsp3) is 0.545. The number of pyridine rings is 1. The Morgan fingerprint density at radius 2 is 2.18 bits per heavy atom. The molecule has 0 bridgehead atoms. The Bertz CT molecular complexity index is 525. The normalized spacial score (nSPS) is 20.6. The third-order valence-electron chi connectivity index (χ3n) is 3.03. The number of nitrogens with zero attached hydrogens (tertiary/aromatic N) is 2. The number of hydrogen-bond donors (Lipinski definition) is 1. The molecule has 1 aromatic rings. The average molecular weight is 255 g/mol. The number of hydrogen-bond acceptors (Lipinski definition) is 4. The van der Waals surface area contributed by atoms with E-state index in [-0.39, 0.29) is 16.1 Å². The van der Waals surface area contributed by atoms with Crippen LogP contribution in [0, 0.1) is 5.41 Å². The maximum Gasteiger partial charge on any atom is 0.243 e. The smallest absolute Gasteiger partial charge is 0.243 e. The van der Waals surface area contributed by atoms with Crippen LogP contribution < -0.4 is 5.73 Å². The highest BCUT2D eigenvalue weighted by molar-refractivity contribution is 7.89. The second kappa shape index (κ2) is 3.96.